The van der Waals surface area contributed by atoms with E-state index in [-0.39, 0.29) is 29.7 Å². The Morgan fingerprint density at radius 3 is 2.78 bits per heavy atom. The summed E-state index contributed by atoms with van der Waals surface area (Å²) in [5, 5.41) is 8.60. The molecule has 190 valence electrons. The Balaban J connectivity index is 1.50. The van der Waals surface area contributed by atoms with Gasteiger partial charge in [0, 0.05) is 44.3 Å². The van der Waals surface area contributed by atoms with Crippen molar-refractivity contribution in [2.45, 2.75) is 31.7 Å². The molecule has 1 aliphatic rings. The zero-order chi connectivity index (χ0) is 25.5. The van der Waals surface area contributed by atoms with Crippen molar-refractivity contribution in [3.8, 4) is 5.75 Å². The van der Waals surface area contributed by atoms with E-state index in [1.165, 1.54) is 12.3 Å². The number of hydrogen-bond acceptors (Lipinski definition) is 7. The molecule has 0 spiro atoms. The first-order chi connectivity index (χ1) is 17.3. The van der Waals surface area contributed by atoms with E-state index in [1.54, 1.807) is 25.4 Å². The number of hydrogen-bond donors (Lipinski definition) is 3. The minimum absolute atomic E-state index is 0.00168. The Morgan fingerprint density at radius 1 is 1.17 bits per heavy atom. The summed E-state index contributed by atoms with van der Waals surface area (Å²) in [6, 6.07) is 9.93. The lowest BCUT2D eigenvalue weighted by atomic mass is 10.1. The molecule has 2 aromatic heterocycles. The van der Waals surface area contributed by atoms with Gasteiger partial charge in [0.15, 0.2) is 0 Å². The Bertz CT molecular complexity index is 1200. The lowest BCUT2D eigenvalue weighted by molar-refractivity contribution is -0.137. The molecule has 1 aromatic carbocycles. The van der Waals surface area contributed by atoms with E-state index in [0.717, 1.165) is 30.5 Å². The fourth-order valence-electron chi connectivity index (χ4n) is 3.72. The van der Waals surface area contributed by atoms with Gasteiger partial charge in [0.05, 0.1) is 17.2 Å². The smallest absolute Gasteiger partial charge is 0.416 e. The molecule has 0 aliphatic carbocycles. The predicted molar refractivity (Wildman–Crippen MR) is 129 cm³/mol. The van der Waals surface area contributed by atoms with Crippen molar-refractivity contribution in [3.05, 3.63) is 71.5 Å². The maximum Gasteiger partial charge on any atom is 0.416 e. The maximum absolute atomic E-state index is 13.5. The minimum atomic E-state index is -4.61. The number of halogens is 3. The lowest BCUT2D eigenvalue weighted by Crippen LogP contribution is -2.18. The van der Waals surface area contributed by atoms with Gasteiger partial charge in [-0.1, -0.05) is 0 Å². The molecule has 4 rings (SSSR count). The third kappa shape index (κ3) is 6.63. The van der Waals surface area contributed by atoms with Crippen LogP contribution < -0.4 is 20.7 Å². The lowest BCUT2D eigenvalue weighted by Gasteiger charge is -2.16. The van der Waals surface area contributed by atoms with Crippen molar-refractivity contribution in [3.63, 3.8) is 0 Å². The molecule has 11 heteroatoms. The predicted octanol–water partition coefficient (Wildman–Crippen LogP) is 4.96. The zero-order valence-corrected chi connectivity index (χ0v) is 19.6. The average molecular weight is 502 g/mol. The molecule has 1 atom stereocenters. The number of benzene rings is 1. The van der Waals surface area contributed by atoms with Gasteiger partial charge in [0.2, 0.25) is 0 Å². The van der Waals surface area contributed by atoms with Gasteiger partial charge in [-0.3, -0.25) is 4.79 Å². The van der Waals surface area contributed by atoms with Crippen molar-refractivity contribution in [1.82, 2.24) is 9.97 Å². The Morgan fingerprint density at radius 2 is 2.03 bits per heavy atom. The number of amides is 1. The van der Waals surface area contributed by atoms with Crippen molar-refractivity contribution in [2.75, 3.05) is 36.2 Å². The molecule has 1 fully saturated rings. The van der Waals surface area contributed by atoms with E-state index in [4.69, 9.17) is 9.47 Å². The zero-order valence-electron chi connectivity index (χ0n) is 19.6. The van der Waals surface area contributed by atoms with Crippen LogP contribution in [0.4, 0.5) is 30.5 Å². The molecule has 0 saturated carbocycles. The molecule has 8 nitrogen and oxygen atoms in total. The van der Waals surface area contributed by atoms with Gasteiger partial charge in [-0.15, -0.1) is 0 Å². The molecule has 3 N–H and O–H groups in total. The van der Waals surface area contributed by atoms with E-state index >= 15 is 0 Å². The SMILES string of the molecule is CNc1cc(CNc2ncccc2C(=O)Nc2cc(OC[C@@H]3CCCO3)cc(C(F)(F)F)c2)ccn1. The van der Waals surface area contributed by atoms with Crippen molar-refractivity contribution in [2.24, 2.45) is 0 Å². The first kappa shape index (κ1) is 25.2. The molecule has 1 amide bonds. The van der Waals surface area contributed by atoms with E-state index in [0.29, 0.717) is 24.8 Å². The monoisotopic (exact) mass is 501 g/mol. The number of carbonyl (C=O) groups is 1. The quantitative estimate of drug-likeness (QED) is 0.381. The first-order valence-corrected chi connectivity index (χ1v) is 11.4. The Hall–Kier alpha value is -3.86. The fraction of sp³-hybridized carbons (Fsp3) is 0.320. The van der Waals surface area contributed by atoms with Gasteiger partial charge in [0.25, 0.3) is 5.91 Å². The van der Waals surface area contributed by atoms with Crippen LogP contribution >= 0.6 is 0 Å². The number of alkyl halides is 3. The summed E-state index contributed by atoms with van der Waals surface area (Å²) < 4.78 is 51.6. The van der Waals surface area contributed by atoms with Gasteiger partial charge in [-0.05, 0) is 54.8 Å². The number of carbonyl (C=O) groups excluding carboxylic acids is 1. The maximum atomic E-state index is 13.5. The second kappa shape index (κ2) is 11.3. The van der Waals surface area contributed by atoms with Crippen LogP contribution in [-0.2, 0) is 17.5 Å². The molecule has 0 bridgehead atoms. The number of aromatic nitrogens is 2. The molecular formula is C25H26F3N5O3. The highest BCUT2D eigenvalue weighted by Crippen LogP contribution is 2.34. The highest BCUT2D eigenvalue weighted by Gasteiger charge is 2.32. The Kier molecular flexibility index (Phi) is 7.89. The number of ether oxygens (including phenoxy) is 2. The molecule has 1 saturated heterocycles. The summed E-state index contributed by atoms with van der Waals surface area (Å²) >= 11 is 0. The molecule has 0 radical (unpaired) electrons. The normalized spacial score (nSPS) is 15.4. The molecule has 36 heavy (non-hydrogen) atoms. The molecular weight excluding hydrogens is 475 g/mol. The van der Waals surface area contributed by atoms with Gasteiger partial charge in [-0.25, -0.2) is 9.97 Å². The van der Waals surface area contributed by atoms with Crippen molar-refractivity contribution in [1.29, 1.82) is 0 Å². The van der Waals surface area contributed by atoms with E-state index in [1.807, 2.05) is 12.1 Å². The van der Waals surface area contributed by atoms with Crippen LogP contribution in [0.5, 0.6) is 5.75 Å². The van der Waals surface area contributed by atoms with Crippen LogP contribution in [0.25, 0.3) is 0 Å². The second-order valence-corrected chi connectivity index (χ2v) is 8.20. The molecule has 1 aliphatic heterocycles. The topological polar surface area (TPSA) is 97.4 Å². The van der Waals surface area contributed by atoms with Gasteiger partial charge in [0.1, 0.15) is 24.0 Å². The van der Waals surface area contributed by atoms with Crippen LogP contribution in [-0.4, -0.2) is 42.2 Å². The number of nitrogens with one attached hydrogen (secondary N) is 3. The summed E-state index contributed by atoms with van der Waals surface area (Å²) in [6.45, 7) is 1.10. The average Bonchev–Trinajstić information content (AvgIpc) is 3.40. The summed E-state index contributed by atoms with van der Waals surface area (Å²) in [5.74, 6) is 0.369. The van der Waals surface area contributed by atoms with Crippen LogP contribution in [0.1, 0.15) is 34.3 Å². The summed E-state index contributed by atoms with van der Waals surface area (Å²) in [6.07, 6.45) is 0.0750. The number of rotatable bonds is 9. The summed E-state index contributed by atoms with van der Waals surface area (Å²) in [4.78, 5) is 21.4. The largest absolute Gasteiger partial charge is 0.491 e. The van der Waals surface area contributed by atoms with Crippen LogP contribution in [0, 0.1) is 0 Å². The third-order valence-electron chi connectivity index (χ3n) is 5.54. The third-order valence-corrected chi connectivity index (χ3v) is 5.54. The van der Waals surface area contributed by atoms with Crippen molar-refractivity contribution >= 4 is 23.2 Å². The van der Waals surface area contributed by atoms with Crippen LogP contribution in [0.2, 0.25) is 0 Å². The van der Waals surface area contributed by atoms with E-state index < -0.39 is 17.6 Å². The molecule has 3 aromatic rings. The highest BCUT2D eigenvalue weighted by molar-refractivity contribution is 6.07. The molecule has 3 heterocycles. The number of anilines is 3. The summed E-state index contributed by atoms with van der Waals surface area (Å²) in [7, 11) is 1.76. The summed E-state index contributed by atoms with van der Waals surface area (Å²) in [5.41, 5.74) is 0.113. The standard InChI is InChI=1S/C25H26F3N5O3/c1-29-22-10-16(6-8-30-22)14-32-23-21(5-2-7-31-23)24(34)33-18-11-17(25(26,27)28)12-20(13-18)36-15-19-4-3-9-35-19/h2,5-8,10-13,19H,3-4,9,14-15H2,1H3,(H,29,30)(H,31,32)(H,33,34)/t19-/m0/s1. The highest BCUT2D eigenvalue weighted by atomic mass is 19.4. The van der Waals surface area contributed by atoms with Gasteiger partial charge >= 0.3 is 6.18 Å². The first-order valence-electron chi connectivity index (χ1n) is 11.4. The van der Waals surface area contributed by atoms with Gasteiger partial charge in [-0.2, -0.15) is 13.2 Å². The van der Waals surface area contributed by atoms with E-state index in [2.05, 4.69) is 25.9 Å². The van der Waals surface area contributed by atoms with Crippen molar-refractivity contribution < 1.29 is 27.4 Å². The van der Waals surface area contributed by atoms with E-state index in [9.17, 15) is 18.0 Å². The van der Waals surface area contributed by atoms with Crippen LogP contribution in [0.3, 0.4) is 0 Å². The number of pyridine rings is 2. The second-order valence-electron chi connectivity index (χ2n) is 8.20. The number of nitrogens with zero attached hydrogens (tertiary/aromatic N) is 2. The Labute approximate surface area is 206 Å². The van der Waals surface area contributed by atoms with Crippen LogP contribution in [0.15, 0.2) is 54.9 Å². The van der Waals surface area contributed by atoms with Gasteiger partial charge < -0.3 is 25.4 Å². The minimum Gasteiger partial charge on any atom is -0.491 e. The molecule has 0 unspecified atom stereocenters. The fourth-order valence-corrected chi connectivity index (χ4v) is 3.72.